The van der Waals surface area contributed by atoms with Crippen molar-refractivity contribution in [2.24, 2.45) is 5.92 Å². The molecule has 1 saturated carbocycles. The molecule has 1 fully saturated rings. The van der Waals surface area contributed by atoms with Crippen LogP contribution < -0.4 is 4.72 Å². The van der Waals surface area contributed by atoms with E-state index >= 15 is 0 Å². The quantitative estimate of drug-likeness (QED) is 0.892. The first-order chi connectivity index (χ1) is 8.38. The molecule has 0 saturated heterocycles. The van der Waals surface area contributed by atoms with Gasteiger partial charge in [0.1, 0.15) is 5.82 Å². The first-order valence-electron chi connectivity index (χ1n) is 6.31. The Morgan fingerprint density at radius 3 is 2.56 bits per heavy atom. The van der Waals surface area contributed by atoms with Crippen LogP contribution in [0.4, 0.5) is 4.39 Å². The summed E-state index contributed by atoms with van der Waals surface area (Å²) in [4.78, 5) is 0. The Morgan fingerprint density at radius 1 is 1.39 bits per heavy atom. The maximum absolute atomic E-state index is 13.3. The lowest BCUT2D eigenvalue weighted by atomic mass is 10.0. The van der Waals surface area contributed by atoms with Gasteiger partial charge in [-0.25, -0.2) is 13.3 Å². The highest BCUT2D eigenvalue weighted by Crippen LogP contribution is 2.41. The van der Waals surface area contributed by atoms with Gasteiger partial charge in [0.15, 0.2) is 0 Å². The van der Waals surface area contributed by atoms with E-state index in [0.717, 1.165) is 18.4 Å². The zero-order valence-corrected chi connectivity index (χ0v) is 11.9. The fourth-order valence-corrected chi connectivity index (χ4v) is 2.77. The number of hydrogen-bond acceptors (Lipinski definition) is 1. The molecule has 1 aromatic rings. The first-order valence-corrected chi connectivity index (χ1v) is 7.46. The average molecular weight is 269 g/mol. The van der Waals surface area contributed by atoms with Crippen LogP contribution in [-0.4, -0.2) is 8.96 Å². The lowest BCUT2D eigenvalue weighted by Crippen LogP contribution is -2.36. The largest absolute Gasteiger partial charge is 0.242 e. The molecule has 1 aromatic carbocycles. The molecule has 0 bridgehead atoms. The minimum atomic E-state index is -1.13. The van der Waals surface area contributed by atoms with E-state index in [4.69, 9.17) is 0 Å². The van der Waals surface area contributed by atoms with Gasteiger partial charge in [-0.3, -0.25) is 0 Å². The summed E-state index contributed by atoms with van der Waals surface area (Å²) in [5.41, 5.74) is 0.898. The Labute approximate surface area is 111 Å². The summed E-state index contributed by atoms with van der Waals surface area (Å²) in [5.74, 6) is 0.250. The molecule has 1 aliphatic carbocycles. The van der Waals surface area contributed by atoms with Gasteiger partial charge in [0.05, 0.1) is 15.7 Å². The van der Waals surface area contributed by atoms with Gasteiger partial charge in [0.25, 0.3) is 0 Å². The van der Waals surface area contributed by atoms with Gasteiger partial charge in [-0.1, -0.05) is 12.1 Å². The van der Waals surface area contributed by atoms with Crippen molar-refractivity contribution in [1.82, 2.24) is 4.72 Å². The molecule has 0 radical (unpaired) electrons. The van der Waals surface area contributed by atoms with Crippen LogP contribution in [0.25, 0.3) is 0 Å². The minimum Gasteiger partial charge on any atom is -0.242 e. The summed E-state index contributed by atoms with van der Waals surface area (Å²) in [6.07, 6.45) is 2.24. The molecule has 0 aromatic heterocycles. The Bertz CT molecular complexity index is 451. The monoisotopic (exact) mass is 269 g/mol. The lowest BCUT2D eigenvalue weighted by molar-refractivity contribution is 0.550. The molecule has 2 rings (SSSR count). The normalized spacial score (nSPS) is 19.6. The second-order valence-electron chi connectivity index (χ2n) is 5.87. The van der Waals surface area contributed by atoms with Crippen LogP contribution in [0.3, 0.4) is 0 Å². The molecule has 1 N–H and O–H groups in total. The van der Waals surface area contributed by atoms with Gasteiger partial charge in [-0.05, 0) is 57.2 Å². The van der Waals surface area contributed by atoms with Gasteiger partial charge in [0.2, 0.25) is 0 Å². The van der Waals surface area contributed by atoms with E-state index in [2.05, 4.69) is 4.72 Å². The predicted molar refractivity (Wildman–Crippen MR) is 72.9 cm³/mol. The summed E-state index contributed by atoms with van der Waals surface area (Å²) in [6.45, 7) is 5.81. The maximum atomic E-state index is 13.3. The minimum absolute atomic E-state index is 0.000702. The smallest absolute Gasteiger partial charge is 0.123 e. The van der Waals surface area contributed by atoms with Crippen LogP contribution in [-0.2, 0) is 11.0 Å². The van der Waals surface area contributed by atoms with Crippen LogP contribution in [0, 0.1) is 11.7 Å². The molecule has 2 atom stereocenters. The Kier molecular flexibility index (Phi) is 3.87. The van der Waals surface area contributed by atoms with E-state index in [1.165, 1.54) is 12.1 Å². The van der Waals surface area contributed by atoms with Crippen molar-refractivity contribution in [3.05, 3.63) is 35.6 Å². The summed E-state index contributed by atoms with van der Waals surface area (Å²) >= 11 is 0. The lowest BCUT2D eigenvalue weighted by Gasteiger charge is -2.24. The van der Waals surface area contributed by atoms with Crippen LogP contribution in [0.15, 0.2) is 24.3 Å². The highest BCUT2D eigenvalue weighted by Gasteiger charge is 2.35. The Morgan fingerprint density at radius 2 is 2.06 bits per heavy atom. The summed E-state index contributed by atoms with van der Waals surface area (Å²) in [6, 6.07) is 6.59. The molecule has 4 heteroatoms. The zero-order chi connectivity index (χ0) is 13.3. The second-order valence-corrected chi connectivity index (χ2v) is 7.87. The van der Waals surface area contributed by atoms with E-state index < -0.39 is 11.0 Å². The number of hydrogen-bond donors (Lipinski definition) is 1. The van der Waals surface area contributed by atoms with Crippen LogP contribution in [0.5, 0.6) is 0 Å². The standard InChI is InChI=1S/C14H20FNOS/c1-14(2,3)18(17)16-13(10-7-8-10)11-5-4-6-12(15)9-11/h4-6,9-10,13,16H,7-8H2,1-3H3/t13-,18-/m0/s1. The third kappa shape index (κ3) is 3.39. The molecule has 2 nitrogen and oxygen atoms in total. The fourth-order valence-electron chi connectivity index (χ4n) is 1.86. The molecule has 0 heterocycles. The summed E-state index contributed by atoms with van der Waals surface area (Å²) in [7, 11) is -1.13. The van der Waals surface area contributed by atoms with Crippen molar-refractivity contribution < 1.29 is 8.60 Å². The second kappa shape index (κ2) is 5.10. The van der Waals surface area contributed by atoms with Gasteiger partial charge in [-0.15, -0.1) is 0 Å². The van der Waals surface area contributed by atoms with Crippen molar-refractivity contribution in [3.63, 3.8) is 0 Å². The topological polar surface area (TPSA) is 29.1 Å². The zero-order valence-electron chi connectivity index (χ0n) is 11.1. The highest BCUT2D eigenvalue weighted by atomic mass is 32.2. The summed E-state index contributed by atoms with van der Waals surface area (Å²) < 4.78 is 28.3. The molecule has 0 spiro atoms. The first kappa shape index (κ1) is 13.7. The van der Waals surface area contributed by atoms with Crippen LogP contribution in [0.1, 0.15) is 45.2 Å². The van der Waals surface area contributed by atoms with Crippen molar-refractivity contribution >= 4 is 11.0 Å². The van der Waals surface area contributed by atoms with Gasteiger partial charge in [0, 0.05) is 6.04 Å². The Balaban J connectivity index is 2.17. The van der Waals surface area contributed by atoms with Gasteiger partial charge >= 0.3 is 0 Å². The number of nitrogens with one attached hydrogen (secondary N) is 1. The molecule has 0 aliphatic heterocycles. The SMILES string of the molecule is CC(C)(C)[S@](=O)N[C@H](c1cccc(F)c1)C1CC1. The third-order valence-corrected chi connectivity index (χ3v) is 4.67. The highest BCUT2D eigenvalue weighted by molar-refractivity contribution is 7.84. The van der Waals surface area contributed by atoms with Gasteiger partial charge < -0.3 is 0 Å². The molecular weight excluding hydrogens is 249 g/mol. The van der Waals surface area contributed by atoms with Crippen LogP contribution in [0.2, 0.25) is 0 Å². The molecule has 100 valence electrons. The molecule has 0 unspecified atom stereocenters. The van der Waals surface area contributed by atoms with Crippen molar-refractivity contribution in [3.8, 4) is 0 Å². The van der Waals surface area contributed by atoms with Crippen LogP contribution >= 0.6 is 0 Å². The van der Waals surface area contributed by atoms with E-state index in [9.17, 15) is 8.60 Å². The van der Waals surface area contributed by atoms with E-state index in [0.29, 0.717) is 5.92 Å². The van der Waals surface area contributed by atoms with Crippen molar-refractivity contribution in [1.29, 1.82) is 0 Å². The predicted octanol–water partition coefficient (Wildman–Crippen LogP) is 3.33. The molecular formula is C14H20FNOS. The van der Waals surface area contributed by atoms with E-state index in [1.807, 2.05) is 26.8 Å². The van der Waals surface area contributed by atoms with E-state index in [1.54, 1.807) is 6.07 Å². The number of halogens is 1. The van der Waals surface area contributed by atoms with Crippen molar-refractivity contribution in [2.75, 3.05) is 0 Å². The maximum Gasteiger partial charge on any atom is 0.123 e. The average Bonchev–Trinajstić information content (AvgIpc) is 3.08. The molecule has 0 amide bonds. The van der Waals surface area contributed by atoms with E-state index in [-0.39, 0.29) is 16.6 Å². The Hall–Kier alpha value is -0.740. The summed E-state index contributed by atoms with van der Waals surface area (Å²) in [5, 5.41) is 0. The fraction of sp³-hybridized carbons (Fsp3) is 0.571. The van der Waals surface area contributed by atoms with Crippen molar-refractivity contribution in [2.45, 2.75) is 44.4 Å². The third-order valence-electron chi connectivity index (χ3n) is 3.09. The van der Waals surface area contributed by atoms with Gasteiger partial charge in [-0.2, -0.15) is 0 Å². The number of benzene rings is 1. The molecule has 1 aliphatic rings. The molecule has 18 heavy (non-hydrogen) atoms. The number of rotatable bonds is 4.